The van der Waals surface area contributed by atoms with E-state index in [4.69, 9.17) is 0 Å². The first-order valence-corrected chi connectivity index (χ1v) is 8.04. The SMILES string of the molecule is CC(=O)c1ccc(SCC(=O)NCC2CNCC2O)cc1F. The highest BCUT2D eigenvalue weighted by Crippen LogP contribution is 2.21. The van der Waals surface area contributed by atoms with Gasteiger partial charge in [0.05, 0.1) is 17.4 Å². The molecule has 0 aliphatic carbocycles. The molecule has 1 fully saturated rings. The smallest absolute Gasteiger partial charge is 0.230 e. The summed E-state index contributed by atoms with van der Waals surface area (Å²) in [5.74, 6) is -0.871. The molecule has 1 amide bonds. The van der Waals surface area contributed by atoms with E-state index in [1.807, 2.05) is 0 Å². The highest BCUT2D eigenvalue weighted by atomic mass is 32.2. The quantitative estimate of drug-likeness (QED) is 0.533. The number of rotatable bonds is 6. The summed E-state index contributed by atoms with van der Waals surface area (Å²) >= 11 is 1.20. The third kappa shape index (κ3) is 4.53. The molecule has 1 saturated heterocycles. The van der Waals surface area contributed by atoms with E-state index < -0.39 is 11.9 Å². The molecule has 2 unspecified atom stereocenters. The zero-order valence-electron chi connectivity index (χ0n) is 12.3. The van der Waals surface area contributed by atoms with Crippen molar-refractivity contribution in [2.75, 3.05) is 25.4 Å². The minimum atomic E-state index is -0.571. The number of thioether (sulfide) groups is 1. The van der Waals surface area contributed by atoms with Crippen molar-refractivity contribution in [3.63, 3.8) is 0 Å². The van der Waals surface area contributed by atoms with Crippen molar-refractivity contribution >= 4 is 23.5 Å². The summed E-state index contributed by atoms with van der Waals surface area (Å²) < 4.78 is 13.7. The Labute approximate surface area is 132 Å². The molecule has 1 aromatic rings. The van der Waals surface area contributed by atoms with Gasteiger partial charge in [-0.3, -0.25) is 9.59 Å². The van der Waals surface area contributed by atoms with Gasteiger partial charge in [-0.25, -0.2) is 4.39 Å². The zero-order chi connectivity index (χ0) is 16.1. The first-order chi connectivity index (χ1) is 10.5. The maximum absolute atomic E-state index is 13.7. The van der Waals surface area contributed by atoms with Crippen LogP contribution in [0.5, 0.6) is 0 Å². The third-order valence-electron chi connectivity index (χ3n) is 3.56. The monoisotopic (exact) mass is 326 g/mol. The molecule has 2 rings (SSSR count). The molecule has 2 atom stereocenters. The Kier molecular flexibility index (Phi) is 5.93. The second-order valence-electron chi connectivity index (χ2n) is 5.28. The highest BCUT2D eigenvalue weighted by Gasteiger charge is 2.24. The van der Waals surface area contributed by atoms with Crippen LogP contribution in [0.2, 0.25) is 0 Å². The van der Waals surface area contributed by atoms with Gasteiger partial charge in [0, 0.05) is 30.4 Å². The lowest BCUT2D eigenvalue weighted by Gasteiger charge is -2.14. The van der Waals surface area contributed by atoms with E-state index in [0.717, 1.165) is 0 Å². The molecular weight excluding hydrogens is 307 g/mol. The normalized spacial score (nSPS) is 20.9. The Morgan fingerprint density at radius 1 is 1.45 bits per heavy atom. The molecule has 0 radical (unpaired) electrons. The van der Waals surface area contributed by atoms with Crippen molar-refractivity contribution in [1.82, 2.24) is 10.6 Å². The van der Waals surface area contributed by atoms with Crippen molar-refractivity contribution in [1.29, 1.82) is 0 Å². The number of amides is 1. The number of carbonyl (C=O) groups excluding carboxylic acids is 2. The summed E-state index contributed by atoms with van der Waals surface area (Å²) in [6, 6.07) is 4.32. The van der Waals surface area contributed by atoms with Crippen LogP contribution in [0.3, 0.4) is 0 Å². The van der Waals surface area contributed by atoms with E-state index in [1.54, 1.807) is 6.07 Å². The number of benzene rings is 1. The third-order valence-corrected chi connectivity index (χ3v) is 4.55. The standard InChI is InChI=1S/C15H19FN2O3S/c1-9(19)12-3-2-11(4-13(12)16)22-8-15(21)18-6-10-5-17-7-14(10)20/h2-4,10,14,17,20H,5-8H2,1H3,(H,18,21). The van der Waals surface area contributed by atoms with Gasteiger partial charge in [-0.2, -0.15) is 0 Å². The fraction of sp³-hybridized carbons (Fsp3) is 0.467. The molecule has 1 heterocycles. The average Bonchev–Trinajstić information content (AvgIpc) is 2.88. The largest absolute Gasteiger partial charge is 0.391 e. The van der Waals surface area contributed by atoms with E-state index in [2.05, 4.69) is 10.6 Å². The first-order valence-electron chi connectivity index (χ1n) is 7.06. The van der Waals surface area contributed by atoms with E-state index in [-0.39, 0.29) is 28.9 Å². The molecule has 0 spiro atoms. The van der Waals surface area contributed by atoms with Crippen molar-refractivity contribution in [3.8, 4) is 0 Å². The van der Waals surface area contributed by atoms with Crippen LogP contribution in [0.4, 0.5) is 4.39 Å². The van der Waals surface area contributed by atoms with Gasteiger partial charge in [0.1, 0.15) is 5.82 Å². The molecule has 1 aromatic carbocycles. The van der Waals surface area contributed by atoms with E-state index in [1.165, 1.54) is 30.8 Å². The summed E-state index contributed by atoms with van der Waals surface area (Å²) in [4.78, 5) is 23.5. The summed E-state index contributed by atoms with van der Waals surface area (Å²) in [7, 11) is 0. The molecule has 0 saturated carbocycles. The van der Waals surface area contributed by atoms with E-state index in [9.17, 15) is 19.1 Å². The van der Waals surface area contributed by atoms with Crippen molar-refractivity contribution in [2.45, 2.75) is 17.9 Å². The summed E-state index contributed by atoms with van der Waals surface area (Å²) in [5.41, 5.74) is 0.0523. The Hall–Kier alpha value is -1.44. The first kappa shape index (κ1) is 16.9. The molecule has 1 aliphatic heterocycles. The van der Waals surface area contributed by atoms with Gasteiger partial charge in [-0.1, -0.05) is 0 Å². The number of aliphatic hydroxyl groups excluding tert-OH is 1. The maximum Gasteiger partial charge on any atom is 0.230 e. The van der Waals surface area contributed by atoms with Gasteiger partial charge < -0.3 is 15.7 Å². The molecule has 1 aliphatic rings. The molecule has 0 bridgehead atoms. The Morgan fingerprint density at radius 3 is 2.82 bits per heavy atom. The molecule has 5 nitrogen and oxygen atoms in total. The number of hydrogen-bond donors (Lipinski definition) is 3. The van der Waals surface area contributed by atoms with Crippen LogP contribution < -0.4 is 10.6 Å². The molecular formula is C15H19FN2O3S. The molecule has 7 heteroatoms. The Bertz CT molecular complexity index is 568. The van der Waals surface area contributed by atoms with Gasteiger partial charge in [-0.05, 0) is 25.1 Å². The molecule has 3 N–H and O–H groups in total. The van der Waals surface area contributed by atoms with Crippen molar-refractivity contribution in [3.05, 3.63) is 29.6 Å². The predicted octanol–water partition coefficient (Wildman–Crippen LogP) is 0.817. The predicted molar refractivity (Wildman–Crippen MR) is 82.5 cm³/mol. The molecule has 120 valence electrons. The summed E-state index contributed by atoms with van der Waals surface area (Å²) in [6.45, 7) is 2.97. The van der Waals surface area contributed by atoms with Gasteiger partial charge in [0.2, 0.25) is 5.91 Å². The number of ketones is 1. The summed E-state index contributed by atoms with van der Waals surface area (Å²) in [5, 5.41) is 15.4. The fourth-order valence-electron chi connectivity index (χ4n) is 2.24. The fourth-order valence-corrected chi connectivity index (χ4v) is 2.99. The Morgan fingerprint density at radius 2 is 2.23 bits per heavy atom. The van der Waals surface area contributed by atoms with Crippen LogP contribution in [0.1, 0.15) is 17.3 Å². The number of Topliss-reactive ketones (excluding diaryl/α,β-unsaturated/α-hetero) is 1. The number of nitrogens with one attached hydrogen (secondary N) is 2. The van der Waals surface area contributed by atoms with Crippen LogP contribution in [-0.2, 0) is 4.79 Å². The van der Waals surface area contributed by atoms with Crippen LogP contribution in [0.25, 0.3) is 0 Å². The van der Waals surface area contributed by atoms with Crippen LogP contribution in [0.15, 0.2) is 23.1 Å². The minimum Gasteiger partial charge on any atom is -0.391 e. The summed E-state index contributed by atoms with van der Waals surface area (Å²) in [6.07, 6.45) is -0.429. The van der Waals surface area contributed by atoms with Crippen molar-refractivity contribution in [2.24, 2.45) is 5.92 Å². The van der Waals surface area contributed by atoms with Crippen molar-refractivity contribution < 1.29 is 19.1 Å². The minimum absolute atomic E-state index is 0.0289. The number of halogens is 1. The van der Waals surface area contributed by atoms with Gasteiger partial charge in [0.15, 0.2) is 5.78 Å². The number of β-amino-alcohol motifs (C(OH)–C–C–N with tert-alkyl or cyclic N) is 1. The second-order valence-corrected chi connectivity index (χ2v) is 6.33. The second kappa shape index (κ2) is 7.71. The zero-order valence-corrected chi connectivity index (χ0v) is 13.1. The van der Waals surface area contributed by atoms with Gasteiger partial charge in [-0.15, -0.1) is 11.8 Å². The number of aliphatic hydroxyl groups is 1. The van der Waals surface area contributed by atoms with E-state index in [0.29, 0.717) is 24.5 Å². The van der Waals surface area contributed by atoms with Gasteiger partial charge >= 0.3 is 0 Å². The Balaban J connectivity index is 1.78. The van der Waals surface area contributed by atoms with E-state index >= 15 is 0 Å². The van der Waals surface area contributed by atoms with Gasteiger partial charge in [0.25, 0.3) is 0 Å². The van der Waals surface area contributed by atoms with Crippen LogP contribution >= 0.6 is 11.8 Å². The molecule has 0 aromatic heterocycles. The topological polar surface area (TPSA) is 78.4 Å². The molecule has 22 heavy (non-hydrogen) atoms. The lowest BCUT2D eigenvalue weighted by atomic mass is 10.1. The highest BCUT2D eigenvalue weighted by molar-refractivity contribution is 8.00. The van der Waals surface area contributed by atoms with Crippen LogP contribution in [0, 0.1) is 11.7 Å². The number of carbonyl (C=O) groups is 2. The lowest BCUT2D eigenvalue weighted by Crippen LogP contribution is -2.35. The van der Waals surface area contributed by atoms with Crippen LogP contribution in [-0.4, -0.2) is 48.3 Å². The maximum atomic E-state index is 13.7. The number of hydrogen-bond acceptors (Lipinski definition) is 5. The average molecular weight is 326 g/mol. The lowest BCUT2D eigenvalue weighted by molar-refractivity contribution is -0.118.